The number of nitrogens with two attached hydrogens (primary N) is 1. The predicted molar refractivity (Wildman–Crippen MR) is 151 cm³/mol. The molecule has 238 valence electrons. The minimum atomic E-state index is -5.95. The molecule has 1 unspecified atom stereocenters. The highest BCUT2D eigenvalue weighted by atomic mass is 19.4. The summed E-state index contributed by atoms with van der Waals surface area (Å²) >= 11 is 0. The average molecular weight is 625 g/mol. The van der Waals surface area contributed by atoms with Crippen molar-refractivity contribution in [2.24, 2.45) is 5.73 Å². The monoisotopic (exact) mass is 624 g/mol. The molecule has 0 radical (unpaired) electrons. The number of hydrogen-bond acceptors (Lipinski definition) is 7. The number of alkyl halides is 6. The molecular weight excluding hydrogens is 590 g/mol. The molecule has 3 aromatic rings. The van der Waals surface area contributed by atoms with Crippen molar-refractivity contribution in [3.05, 3.63) is 89.2 Å². The van der Waals surface area contributed by atoms with Crippen LogP contribution < -0.4 is 5.73 Å². The molecule has 1 aliphatic heterocycles. The van der Waals surface area contributed by atoms with Crippen molar-refractivity contribution in [2.75, 3.05) is 32.8 Å². The van der Waals surface area contributed by atoms with Gasteiger partial charge in [0.15, 0.2) is 0 Å². The Morgan fingerprint density at radius 2 is 1.61 bits per heavy atom. The second kappa shape index (κ2) is 13.6. The molecule has 1 fully saturated rings. The SMILES string of the molecule is Cc1cc(CN2CCN(Cc3ccncc3)CC2CC(=O)OCCN)ccc1-c1ccc(C(O)(C(F)(F)F)C(F)(F)F)cc1. The first kappa shape index (κ1) is 33.4. The number of halogens is 6. The topological polar surface area (TPSA) is 91.9 Å². The van der Waals surface area contributed by atoms with Crippen molar-refractivity contribution in [2.45, 2.75) is 50.4 Å². The van der Waals surface area contributed by atoms with Crippen LogP contribution in [0.2, 0.25) is 0 Å². The standard InChI is InChI=1S/C31H34F6N4O3/c1-21-16-23(2-7-27(21)24-3-5-25(6-4-24)29(43,30(32,33)34)31(35,36)37)19-41-14-13-40(18-22-8-11-39-12-9-22)20-26(41)17-28(42)44-15-10-38/h2-9,11-12,16,26,43H,10,13-15,17-20,38H2,1H3. The third kappa shape index (κ3) is 7.57. The number of benzene rings is 2. The summed E-state index contributed by atoms with van der Waals surface area (Å²) in [5.41, 5.74) is 2.99. The normalized spacial score (nSPS) is 17.1. The Bertz CT molecular complexity index is 1390. The van der Waals surface area contributed by atoms with Gasteiger partial charge in [-0.2, -0.15) is 26.3 Å². The van der Waals surface area contributed by atoms with Gasteiger partial charge >= 0.3 is 18.3 Å². The summed E-state index contributed by atoms with van der Waals surface area (Å²) in [6.45, 7) is 5.47. The van der Waals surface area contributed by atoms with Crippen LogP contribution in [0.4, 0.5) is 26.3 Å². The van der Waals surface area contributed by atoms with E-state index in [9.17, 15) is 36.2 Å². The van der Waals surface area contributed by atoms with Crippen molar-refractivity contribution < 1.29 is 41.0 Å². The highest BCUT2D eigenvalue weighted by Gasteiger charge is 2.71. The van der Waals surface area contributed by atoms with Crippen LogP contribution in [0.15, 0.2) is 67.0 Å². The van der Waals surface area contributed by atoms with E-state index in [0.717, 1.165) is 35.4 Å². The van der Waals surface area contributed by atoms with E-state index < -0.39 is 23.5 Å². The lowest BCUT2D eigenvalue weighted by Crippen LogP contribution is -2.53. The van der Waals surface area contributed by atoms with E-state index in [4.69, 9.17) is 10.5 Å². The third-order valence-corrected chi connectivity index (χ3v) is 7.74. The molecule has 44 heavy (non-hydrogen) atoms. The van der Waals surface area contributed by atoms with Crippen molar-refractivity contribution in [3.63, 3.8) is 0 Å². The molecule has 1 aliphatic rings. The zero-order valence-corrected chi connectivity index (χ0v) is 24.0. The molecular formula is C31H34F6N4O3. The first-order chi connectivity index (χ1) is 20.7. The number of nitrogens with zero attached hydrogens (tertiary/aromatic N) is 3. The highest BCUT2D eigenvalue weighted by molar-refractivity contribution is 5.70. The Labute approximate surface area is 251 Å². The number of esters is 1. The third-order valence-electron chi connectivity index (χ3n) is 7.74. The zero-order valence-electron chi connectivity index (χ0n) is 24.0. The molecule has 3 N–H and O–H groups in total. The number of ether oxygens (including phenoxy) is 1. The Kier molecular flexibility index (Phi) is 10.3. The minimum Gasteiger partial charge on any atom is -0.464 e. The summed E-state index contributed by atoms with van der Waals surface area (Å²) in [6, 6.07) is 12.8. The van der Waals surface area contributed by atoms with E-state index in [2.05, 4.69) is 14.8 Å². The predicted octanol–water partition coefficient (Wildman–Crippen LogP) is 4.95. The van der Waals surface area contributed by atoms with Crippen LogP contribution in [0.1, 0.15) is 28.7 Å². The largest absolute Gasteiger partial charge is 0.464 e. The number of hydrogen-bond donors (Lipinski definition) is 2. The lowest BCUT2D eigenvalue weighted by molar-refractivity contribution is -0.376. The van der Waals surface area contributed by atoms with E-state index in [1.54, 1.807) is 25.4 Å². The molecule has 0 spiro atoms. The van der Waals surface area contributed by atoms with Gasteiger partial charge in [0.05, 0.1) is 6.42 Å². The van der Waals surface area contributed by atoms with Crippen LogP contribution >= 0.6 is 0 Å². The van der Waals surface area contributed by atoms with Crippen LogP contribution in [0.25, 0.3) is 11.1 Å². The molecule has 2 aromatic carbocycles. The van der Waals surface area contributed by atoms with Gasteiger partial charge in [0.1, 0.15) is 6.61 Å². The molecule has 0 saturated carbocycles. The quantitative estimate of drug-likeness (QED) is 0.244. The fraction of sp³-hybridized carbons (Fsp3) is 0.419. The van der Waals surface area contributed by atoms with Gasteiger partial charge in [0, 0.05) is 63.3 Å². The lowest BCUT2D eigenvalue weighted by atomic mass is 9.90. The smallest absolute Gasteiger partial charge is 0.430 e. The van der Waals surface area contributed by atoms with E-state index in [-0.39, 0.29) is 31.6 Å². The second-order valence-corrected chi connectivity index (χ2v) is 10.9. The van der Waals surface area contributed by atoms with Gasteiger partial charge in [-0.05, 0) is 46.9 Å². The molecule has 1 atom stereocenters. The first-order valence-corrected chi connectivity index (χ1v) is 14.0. The van der Waals surface area contributed by atoms with Crippen LogP contribution in [0.5, 0.6) is 0 Å². The molecule has 1 saturated heterocycles. The van der Waals surface area contributed by atoms with E-state index in [1.165, 1.54) is 0 Å². The maximum atomic E-state index is 13.3. The van der Waals surface area contributed by atoms with Crippen molar-refractivity contribution in [3.8, 4) is 11.1 Å². The van der Waals surface area contributed by atoms with Gasteiger partial charge in [-0.1, -0.05) is 42.5 Å². The Balaban J connectivity index is 1.50. The molecule has 1 aromatic heterocycles. The summed E-state index contributed by atoms with van der Waals surface area (Å²) in [4.78, 5) is 21.0. The van der Waals surface area contributed by atoms with Gasteiger partial charge < -0.3 is 15.6 Å². The Morgan fingerprint density at radius 3 is 2.20 bits per heavy atom. The van der Waals surface area contributed by atoms with E-state index >= 15 is 0 Å². The summed E-state index contributed by atoms with van der Waals surface area (Å²) < 4.78 is 84.9. The Hall–Kier alpha value is -3.52. The van der Waals surface area contributed by atoms with Crippen molar-refractivity contribution >= 4 is 5.97 Å². The number of carbonyl (C=O) groups excluding carboxylic acids is 1. The lowest BCUT2D eigenvalue weighted by Gasteiger charge is -2.41. The molecule has 0 aliphatic carbocycles. The fourth-order valence-corrected chi connectivity index (χ4v) is 5.43. The molecule has 2 heterocycles. The molecule has 13 heteroatoms. The number of rotatable bonds is 10. The summed E-state index contributed by atoms with van der Waals surface area (Å²) in [6.07, 6.45) is -8.25. The van der Waals surface area contributed by atoms with Gasteiger partial charge in [-0.25, -0.2) is 0 Å². The summed E-state index contributed by atoms with van der Waals surface area (Å²) in [5, 5.41) is 9.68. The van der Waals surface area contributed by atoms with Crippen LogP contribution in [-0.4, -0.2) is 77.0 Å². The van der Waals surface area contributed by atoms with Crippen molar-refractivity contribution in [1.82, 2.24) is 14.8 Å². The number of carbonyl (C=O) groups is 1. The number of aromatic nitrogens is 1. The van der Waals surface area contributed by atoms with Crippen LogP contribution in [0.3, 0.4) is 0 Å². The van der Waals surface area contributed by atoms with Crippen LogP contribution in [-0.2, 0) is 28.2 Å². The summed E-state index contributed by atoms with van der Waals surface area (Å²) in [5.74, 6) is -0.339. The van der Waals surface area contributed by atoms with Gasteiger partial charge in [0.2, 0.25) is 0 Å². The second-order valence-electron chi connectivity index (χ2n) is 10.9. The minimum absolute atomic E-state index is 0.135. The van der Waals surface area contributed by atoms with E-state index in [0.29, 0.717) is 49.4 Å². The maximum Gasteiger partial charge on any atom is 0.430 e. The number of aliphatic hydroxyl groups is 1. The molecule has 7 nitrogen and oxygen atoms in total. The molecule has 4 rings (SSSR count). The van der Waals surface area contributed by atoms with E-state index in [1.807, 2.05) is 24.3 Å². The van der Waals surface area contributed by atoms with Gasteiger partial charge in [-0.3, -0.25) is 19.6 Å². The van der Waals surface area contributed by atoms with Crippen LogP contribution in [0, 0.1) is 6.92 Å². The Morgan fingerprint density at radius 1 is 0.955 bits per heavy atom. The molecule has 0 amide bonds. The van der Waals surface area contributed by atoms with Gasteiger partial charge in [-0.15, -0.1) is 0 Å². The number of piperazine rings is 1. The highest BCUT2D eigenvalue weighted by Crippen LogP contribution is 2.50. The first-order valence-electron chi connectivity index (χ1n) is 14.0. The average Bonchev–Trinajstić information content (AvgIpc) is 2.96. The fourth-order valence-electron chi connectivity index (χ4n) is 5.43. The molecule has 0 bridgehead atoms. The van der Waals surface area contributed by atoms with Gasteiger partial charge in [0.25, 0.3) is 5.60 Å². The van der Waals surface area contributed by atoms with Crippen molar-refractivity contribution in [1.29, 1.82) is 0 Å². The summed E-state index contributed by atoms with van der Waals surface area (Å²) in [7, 11) is 0. The number of pyridine rings is 1. The zero-order chi connectivity index (χ0) is 32.1. The maximum absolute atomic E-state index is 13.3. The number of aryl methyl sites for hydroxylation is 1.